The monoisotopic (exact) mass is 256 g/mol. The van der Waals surface area contributed by atoms with E-state index in [1.54, 1.807) is 0 Å². The zero-order valence-corrected chi connectivity index (χ0v) is 10.8. The summed E-state index contributed by atoms with van der Waals surface area (Å²) in [5.74, 6) is 0.0336. The molecule has 0 radical (unpaired) electrons. The molecule has 0 amide bonds. The summed E-state index contributed by atoms with van der Waals surface area (Å²) in [5, 5.41) is 7.66. The second-order valence-corrected chi connectivity index (χ2v) is 4.49. The van der Waals surface area contributed by atoms with Crippen molar-refractivity contribution in [2.75, 3.05) is 6.61 Å². The largest absolute Gasteiger partial charge is 0.491 e. The molecule has 0 saturated heterocycles. The van der Waals surface area contributed by atoms with Gasteiger partial charge in [0, 0.05) is 0 Å². The molecule has 0 aliphatic carbocycles. The predicted molar refractivity (Wildman–Crippen MR) is 67.9 cm³/mol. The Balaban J connectivity index is 2.73. The van der Waals surface area contributed by atoms with Gasteiger partial charge >= 0.3 is 5.97 Å². The zero-order valence-electron chi connectivity index (χ0n) is 10.0. The first kappa shape index (κ1) is 13.8. The minimum Gasteiger partial charge on any atom is -0.491 e. The summed E-state index contributed by atoms with van der Waals surface area (Å²) >= 11 is 5.61. The lowest BCUT2D eigenvalue weighted by molar-refractivity contribution is -0.137. The van der Waals surface area contributed by atoms with Crippen LogP contribution in [0.25, 0.3) is 0 Å². The fourth-order valence-electron chi connectivity index (χ4n) is 1.47. The summed E-state index contributed by atoms with van der Waals surface area (Å²) < 4.78 is 5.47. The molecule has 1 rings (SSSR count). The molecule has 0 aliphatic rings. The van der Waals surface area contributed by atoms with Crippen molar-refractivity contribution in [1.29, 1.82) is 0 Å². The van der Waals surface area contributed by atoms with E-state index in [0.717, 1.165) is 12.0 Å². The van der Waals surface area contributed by atoms with Crippen molar-refractivity contribution >= 4 is 17.6 Å². The fraction of sp³-hybridized carbons (Fsp3) is 0.462. The van der Waals surface area contributed by atoms with Gasteiger partial charge in [-0.1, -0.05) is 32.0 Å². The van der Waals surface area contributed by atoms with E-state index in [1.807, 2.05) is 24.3 Å². The quantitative estimate of drug-likeness (QED) is 0.795. The molecule has 0 heterocycles. The maximum absolute atomic E-state index is 10.6. The van der Waals surface area contributed by atoms with Gasteiger partial charge in [0.1, 0.15) is 12.4 Å². The van der Waals surface area contributed by atoms with Crippen LogP contribution in [0.4, 0.5) is 0 Å². The van der Waals surface area contributed by atoms with Gasteiger partial charge in [-0.3, -0.25) is 4.79 Å². The number of alkyl halides is 1. The van der Waals surface area contributed by atoms with Gasteiger partial charge in [-0.25, -0.2) is 0 Å². The molecular weight excluding hydrogens is 240 g/mol. The number of carbonyl (C=O) groups is 1. The Hall–Kier alpha value is -1.22. The average Bonchev–Trinajstić information content (AvgIpc) is 2.35. The second kappa shape index (κ2) is 6.50. The van der Waals surface area contributed by atoms with E-state index in [0.29, 0.717) is 11.7 Å². The third-order valence-electron chi connectivity index (χ3n) is 2.72. The molecule has 3 nitrogen and oxygen atoms in total. The highest BCUT2D eigenvalue weighted by molar-refractivity contribution is 6.29. The maximum atomic E-state index is 10.6. The number of hydrogen-bond donors (Lipinski definition) is 1. The minimum atomic E-state index is -1.06. The van der Waals surface area contributed by atoms with Crippen molar-refractivity contribution in [2.24, 2.45) is 0 Å². The summed E-state index contributed by atoms with van der Waals surface area (Å²) in [5.41, 5.74) is 1.09. The lowest BCUT2D eigenvalue weighted by Crippen LogP contribution is -2.21. The first-order chi connectivity index (χ1) is 8.06. The van der Waals surface area contributed by atoms with Gasteiger partial charge in [-0.2, -0.15) is 0 Å². The summed E-state index contributed by atoms with van der Waals surface area (Å²) in [4.78, 5) is 10.6. The van der Waals surface area contributed by atoms with E-state index in [2.05, 4.69) is 13.8 Å². The SMILES string of the molecule is CCC(C)c1ccccc1OCC(Cl)C(=O)O. The Morgan fingerprint density at radius 3 is 2.71 bits per heavy atom. The van der Waals surface area contributed by atoms with Crippen LogP contribution in [0.2, 0.25) is 0 Å². The Bertz CT molecular complexity index is 379. The molecule has 0 fully saturated rings. The van der Waals surface area contributed by atoms with Crippen LogP contribution in [0.3, 0.4) is 0 Å². The van der Waals surface area contributed by atoms with Crippen LogP contribution in [0.1, 0.15) is 31.7 Å². The van der Waals surface area contributed by atoms with Crippen molar-refractivity contribution in [1.82, 2.24) is 0 Å². The molecule has 1 N–H and O–H groups in total. The molecule has 4 heteroatoms. The van der Waals surface area contributed by atoms with E-state index < -0.39 is 11.3 Å². The lowest BCUT2D eigenvalue weighted by Gasteiger charge is -2.16. The molecule has 0 aromatic heterocycles. The van der Waals surface area contributed by atoms with Crippen molar-refractivity contribution < 1.29 is 14.6 Å². The Morgan fingerprint density at radius 1 is 1.47 bits per heavy atom. The summed E-state index contributed by atoms with van der Waals surface area (Å²) in [6.07, 6.45) is 1.00. The van der Waals surface area contributed by atoms with E-state index in [9.17, 15) is 4.79 Å². The highest BCUT2D eigenvalue weighted by Crippen LogP contribution is 2.28. The van der Waals surface area contributed by atoms with Crippen LogP contribution in [0.15, 0.2) is 24.3 Å². The summed E-state index contributed by atoms with van der Waals surface area (Å²) in [6.45, 7) is 4.19. The Labute approximate surface area is 106 Å². The van der Waals surface area contributed by atoms with Crippen molar-refractivity contribution in [3.8, 4) is 5.75 Å². The molecule has 2 unspecified atom stereocenters. The summed E-state index contributed by atoms with van der Waals surface area (Å²) in [6, 6.07) is 7.65. The molecule has 94 valence electrons. The minimum absolute atomic E-state index is 0.0235. The van der Waals surface area contributed by atoms with E-state index in [-0.39, 0.29) is 6.61 Å². The van der Waals surface area contributed by atoms with Gasteiger partial charge < -0.3 is 9.84 Å². The molecule has 2 atom stereocenters. The molecule has 1 aromatic carbocycles. The number of carboxylic acids is 1. The number of hydrogen-bond acceptors (Lipinski definition) is 2. The van der Waals surface area contributed by atoms with Crippen molar-refractivity contribution in [3.05, 3.63) is 29.8 Å². The van der Waals surface area contributed by atoms with E-state index in [1.165, 1.54) is 0 Å². The average molecular weight is 257 g/mol. The van der Waals surface area contributed by atoms with Crippen molar-refractivity contribution in [2.45, 2.75) is 31.6 Å². The van der Waals surface area contributed by atoms with Crippen LogP contribution in [0, 0.1) is 0 Å². The summed E-state index contributed by atoms with van der Waals surface area (Å²) in [7, 11) is 0. The molecule has 0 saturated carbocycles. The molecule has 0 aliphatic heterocycles. The number of para-hydroxylation sites is 1. The van der Waals surface area contributed by atoms with Crippen LogP contribution in [-0.4, -0.2) is 23.1 Å². The van der Waals surface area contributed by atoms with Gasteiger partial charge in [-0.05, 0) is 24.0 Å². The smallest absolute Gasteiger partial charge is 0.325 e. The fourth-order valence-corrected chi connectivity index (χ4v) is 1.54. The normalized spacial score (nSPS) is 14.1. The third-order valence-corrected chi connectivity index (χ3v) is 3.03. The molecule has 0 spiro atoms. The van der Waals surface area contributed by atoms with Gasteiger partial charge in [0.2, 0.25) is 0 Å². The molecule has 17 heavy (non-hydrogen) atoms. The highest BCUT2D eigenvalue weighted by atomic mass is 35.5. The lowest BCUT2D eigenvalue weighted by atomic mass is 9.98. The Morgan fingerprint density at radius 2 is 2.12 bits per heavy atom. The zero-order chi connectivity index (χ0) is 12.8. The van der Waals surface area contributed by atoms with Crippen LogP contribution in [-0.2, 0) is 4.79 Å². The Kier molecular flexibility index (Phi) is 5.29. The van der Waals surface area contributed by atoms with Crippen LogP contribution >= 0.6 is 11.6 Å². The standard InChI is InChI=1S/C13H17ClO3/c1-3-9(2)10-6-4-5-7-12(10)17-8-11(14)13(15)16/h4-7,9,11H,3,8H2,1-2H3,(H,15,16). The first-order valence-electron chi connectivity index (χ1n) is 5.64. The first-order valence-corrected chi connectivity index (χ1v) is 6.08. The number of ether oxygens (including phenoxy) is 1. The van der Waals surface area contributed by atoms with E-state index >= 15 is 0 Å². The number of carboxylic acid groups (broad SMARTS) is 1. The number of aliphatic carboxylic acids is 1. The van der Waals surface area contributed by atoms with E-state index in [4.69, 9.17) is 21.4 Å². The molecule has 0 bridgehead atoms. The van der Waals surface area contributed by atoms with Crippen molar-refractivity contribution in [3.63, 3.8) is 0 Å². The van der Waals surface area contributed by atoms with Crippen LogP contribution < -0.4 is 4.74 Å². The van der Waals surface area contributed by atoms with Gasteiger partial charge in [0.25, 0.3) is 0 Å². The van der Waals surface area contributed by atoms with Gasteiger partial charge in [0.15, 0.2) is 5.38 Å². The van der Waals surface area contributed by atoms with Gasteiger partial charge in [-0.15, -0.1) is 11.6 Å². The third kappa shape index (κ3) is 3.93. The second-order valence-electron chi connectivity index (χ2n) is 3.96. The predicted octanol–water partition coefficient (Wildman–Crippen LogP) is 3.27. The number of benzene rings is 1. The molecular formula is C13H17ClO3. The van der Waals surface area contributed by atoms with Gasteiger partial charge in [0.05, 0.1) is 0 Å². The topological polar surface area (TPSA) is 46.5 Å². The maximum Gasteiger partial charge on any atom is 0.325 e. The number of rotatable bonds is 6. The molecule has 1 aromatic rings. The highest BCUT2D eigenvalue weighted by Gasteiger charge is 2.16. The number of halogens is 1. The van der Waals surface area contributed by atoms with Crippen LogP contribution in [0.5, 0.6) is 5.75 Å².